The van der Waals surface area contributed by atoms with Crippen molar-refractivity contribution < 1.29 is 13.9 Å². The quantitative estimate of drug-likeness (QED) is 0.599. The standard InChI is InChI=1S/C17H17FN6O2/c18-14-8-13(23-17-21-9-12(10-22-17)16(19)25)2-3-15(14)26-7-1-5-24-6-4-20-11-24/h2-4,6,8-11H,1,5,7H2,(H2,19,25)(H,21,22,23). The molecule has 8 nitrogen and oxygen atoms in total. The predicted octanol–water partition coefficient (Wildman–Crippen LogP) is 2.12. The number of benzene rings is 1. The number of aryl methyl sites for hydroxylation is 1. The zero-order valence-corrected chi connectivity index (χ0v) is 13.8. The van der Waals surface area contributed by atoms with E-state index >= 15 is 0 Å². The van der Waals surface area contributed by atoms with Gasteiger partial charge in [0.15, 0.2) is 11.6 Å². The Kier molecular flexibility index (Phi) is 5.37. The van der Waals surface area contributed by atoms with E-state index in [1.165, 1.54) is 24.5 Å². The van der Waals surface area contributed by atoms with Gasteiger partial charge in [-0.15, -0.1) is 0 Å². The first-order chi connectivity index (χ1) is 12.6. The lowest BCUT2D eigenvalue weighted by Gasteiger charge is -2.10. The Hall–Kier alpha value is -3.49. The maximum atomic E-state index is 14.1. The van der Waals surface area contributed by atoms with E-state index in [0.717, 1.165) is 13.0 Å². The molecule has 0 aliphatic rings. The first-order valence-corrected chi connectivity index (χ1v) is 7.89. The summed E-state index contributed by atoms with van der Waals surface area (Å²) in [4.78, 5) is 22.8. The third-order valence-corrected chi connectivity index (χ3v) is 3.50. The number of carbonyl (C=O) groups excluding carboxylic acids is 1. The average molecular weight is 356 g/mol. The minimum Gasteiger partial charge on any atom is -0.490 e. The molecule has 0 bridgehead atoms. The molecule has 0 atom stereocenters. The maximum Gasteiger partial charge on any atom is 0.251 e. The Balaban J connectivity index is 1.54. The number of nitrogens with two attached hydrogens (primary N) is 1. The molecule has 0 aliphatic heterocycles. The molecule has 3 N–H and O–H groups in total. The van der Waals surface area contributed by atoms with Crippen molar-refractivity contribution in [1.29, 1.82) is 0 Å². The second kappa shape index (κ2) is 8.06. The molecule has 3 rings (SSSR count). The van der Waals surface area contributed by atoms with E-state index in [4.69, 9.17) is 10.5 Å². The van der Waals surface area contributed by atoms with Crippen LogP contribution in [0.4, 0.5) is 16.0 Å². The number of primary amides is 1. The molecule has 0 saturated heterocycles. The van der Waals surface area contributed by atoms with Gasteiger partial charge in [0.2, 0.25) is 5.95 Å². The van der Waals surface area contributed by atoms with Crippen LogP contribution in [0.5, 0.6) is 5.75 Å². The van der Waals surface area contributed by atoms with Crippen molar-refractivity contribution in [1.82, 2.24) is 19.5 Å². The van der Waals surface area contributed by atoms with Gasteiger partial charge in [-0.05, 0) is 18.6 Å². The second-order valence-corrected chi connectivity index (χ2v) is 5.43. The minimum absolute atomic E-state index is 0.172. The van der Waals surface area contributed by atoms with Gasteiger partial charge in [-0.3, -0.25) is 4.79 Å². The van der Waals surface area contributed by atoms with E-state index in [0.29, 0.717) is 12.3 Å². The number of imidazole rings is 1. The van der Waals surface area contributed by atoms with Crippen LogP contribution in [0.15, 0.2) is 49.3 Å². The highest BCUT2D eigenvalue weighted by molar-refractivity contribution is 5.92. The molecule has 9 heteroatoms. The van der Waals surface area contributed by atoms with Gasteiger partial charge in [0.25, 0.3) is 5.91 Å². The fourth-order valence-electron chi connectivity index (χ4n) is 2.19. The molecule has 134 valence electrons. The van der Waals surface area contributed by atoms with Gasteiger partial charge in [-0.25, -0.2) is 19.3 Å². The molecule has 0 fully saturated rings. The number of nitrogens with zero attached hydrogens (tertiary/aromatic N) is 4. The molecule has 2 heterocycles. The van der Waals surface area contributed by atoms with Crippen molar-refractivity contribution >= 4 is 17.5 Å². The molecular formula is C17H17FN6O2. The van der Waals surface area contributed by atoms with Crippen molar-refractivity contribution in [3.8, 4) is 5.75 Å². The van der Waals surface area contributed by atoms with Crippen molar-refractivity contribution in [3.63, 3.8) is 0 Å². The zero-order valence-electron chi connectivity index (χ0n) is 13.8. The summed E-state index contributed by atoms with van der Waals surface area (Å²) in [6.45, 7) is 1.14. The third-order valence-electron chi connectivity index (χ3n) is 3.50. The van der Waals surface area contributed by atoms with Gasteiger partial charge in [0, 0.05) is 43.1 Å². The lowest BCUT2D eigenvalue weighted by Crippen LogP contribution is -2.12. The van der Waals surface area contributed by atoms with E-state index in [1.807, 2.05) is 10.8 Å². The summed E-state index contributed by atoms with van der Waals surface area (Å²) in [5.41, 5.74) is 5.78. The Morgan fingerprint density at radius 2 is 2.12 bits per heavy atom. The van der Waals surface area contributed by atoms with Gasteiger partial charge < -0.3 is 20.4 Å². The molecule has 1 aromatic carbocycles. The number of hydrogen-bond acceptors (Lipinski definition) is 6. The number of halogens is 1. The van der Waals surface area contributed by atoms with Gasteiger partial charge in [0.05, 0.1) is 18.5 Å². The molecule has 26 heavy (non-hydrogen) atoms. The number of aromatic nitrogens is 4. The lowest BCUT2D eigenvalue weighted by atomic mass is 10.3. The molecule has 0 aliphatic carbocycles. The van der Waals surface area contributed by atoms with Crippen LogP contribution in [0.25, 0.3) is 0 Å². The molecule has 0 unspecified atom stereocenters. The van der Waals surface area contributed by atoms with Crippen LogP contribution in [0.3, 0.4) is 0 Å². The van der Waals surface area contributed by atoms with E-state index in [1.54, 1.807) is 18.6 Å². The van der Waals surface area contributed by atoms with Crippen LogP contribution < -0.4 is 15.8 Å². The van der Waals surface area contributed by atoms with Crippen molar-refractivity contribution in [3.05, 3.63) is 60.7 Å². The molecule has 0 saturated carbocycles. The summed E-state index contributed by atoms with van der Waals surface area (Å²) in [5, 5.41) is 2.84. The van der Waals surface area contributed by atoms with Gasteiger partial charge in [-0.1, -0.05) is 0 Å². The number of hydrogen-bond donors (Lipinski definition) is 2. The minimum atomic E-state index is -0.614. The number of rotatable bonds is 8. The van der Waals surface area contributed by atoms with Gasteiger partial charge in [0.1, 0.15) is 0 Å². The van der Waals surface area contributed by atoms with Crippen LogP contribution >= 0.6 is 0 Å². The van der Waals surface area contributed by atoms with E-state index < -0.39 is 11.7 Å². The topological polar surface area (TPSA) is 108 Å². The Bertz CT molecular complexity index is 867. The fraction of sp³-hybridized carbons (Fsp3) is 0.176. The molecule has 0 spiro atoms. The monoisotopic (exact) mass is 356 g/mol. The summed E-state index contributed by atoms with van der Waals surface area (Å²) < 4.78 is 21.5. The largest absolute Gasteiger partial charge is 0.490 e. The molecule has 2 aromatic heterocycles. The maximum absolute atomic E-state index is 14.1. The second-order valence-electron chi connectivity index (χ2n) is 5.43. The number of nitrogens with one attached hydrogen (secondary N) is 1. The zero-order chi connectivity index (χ0) is 18.4. The molecule has 1 amide bonds. The molecular weight excluding hydrogens is 339 g/mol. The highest BCUT2D eigenvalue weighted by Gasteiger charge is 2.07. The molecule has 0 radical (unpaired) electrons. The Morgan fingerprint density at radius 3 is 2.77 bits per heavy atom. The summed E-state index contributed by atoms with van der Waals surface area (Å²) in [7, 11) is 0. The van der Waals surface area contributed by atoms with Crippen LogP contribution in [0, 0.1) is 5.82 Å². The molecule has 3 aromatic rings. The SMILES string of the molecule is NC(=O)c1cnc(Nc2ccc(OCCCn3ccnc3)c(F)c2)nc1. The Morgan fingerprint density at radius 1 is 1.31 bits per heavy atom. The number of amides is 1. The van der Waals surface area contributed by atoms with Crippen molar-refractivity contribution in [2.45, 2.75) is 13.0 Å². The van der Waals surface area contributed by atoms with Crippen LogP contribution in [-0.4, -0.2) is 32.0 Å². The van der Waals surface area contributed by atoms with E-state index in [-0.39, 0.29) is 17.3 Å². The summed E-state index contributed by atoms with van der Waals surface area (Å²) in [5.74, 6) is -0.710. The van der Waals surface area contributed by atoms with Crippen LogP contribution in [0.2, 0.25) is 0 Å². The highest BCUT2D eigenvalue weighted by atomic mass is 19.1. The summed E-state index contributed by atoms with van der Waals surface area (Å²) in [6, 6.07) is 4.48. The van der Waals surface area contributed by atoms with Crippen LogP contribution in [-0.2, 0) is 6.54 Å². The van der Waals surface area contributed by atoms with E-state index in [9.17, 15) is 9.18 Å². The number of anilines is 2. The van der Waals surface area contributed by atoms with Crippen molar-refractivity contribution in [2.75, 3.05) is 11.9 Å². The van der Waals surface area contributed by atoms with Gasteiger partial charge in [-0.2, -0.15) is 0 Å². The Labute approximate surface area is 148 Å². The van der Waals surface area contributed by atoms with Crippen molar-refractivity contribution in [2.24, 2.45) is 5.73 Å². The van der Waals surface area contributed by atoms with E-state index in [2.05, 4.69) is 20.3 Å². The number of carbonyl (C=O) groups is 1. The predicted molar refractivity (Wildman–Crippen MR) is 92.6 cm³/mol. The fourth-order valence-corrected chi connectivity index (χ4v) is 2.19. The first kappa shape index (κ1) is 17.3. The summed E-state index contributed by atoms with van der Waals surface area (Å²) >= 11 is 0. The third kappa shape index (κ3) is 4.53. The average Bonchev–Trinajstić information content (AvgIpc) is 3.14. The number of ether oxygens (including phenoxy) is 1. The first-order valence-electron chi connectivity index (χ1n) is 7.89. The summed E-state index contributed by atoms with van der Waals surface area (Å²) in [6.07, 6.45) is 8.61. The highest BCUT2D eigenvalue weighted by Crippen LogP contribution is 2.23. The lowest BCUT2D eigenvalue weighted by molar-refractivity contribution is 0.0999. The normalized spacial score (nSPS) is 10.5. The van der Waals surface area contributed by atoms with Crippen LogP contribution in [0.1, 0.15) is 16.8 Å². The van der Waals surface area contributed by atoms with Gasteiger partial charge >= 0.3 is 0 Å². The smallest absolute Gasteiger partial charge is 0.251 e.